The Morgan fingerprint density at radius 3 is 1.76 bits per heavy atom. The third kappa shape index (κ3) is 8.83. The van der Waals surface area contributed by atoms with E-state index in [0.717, 1.165) is 103 Å². The van der Waals surface area contributed by atoms with Crippen molar-refractivity contribution in [3.8, 4) is 0 Å². The Morgan fingerprint density at radius 2 is 1.22 bits per heavy atom. The smallest absolute Gasteiger partial charge is 0.410 e. The molecule has 15 heteroatoms. The van der Waals surface area contributed by atoms with E-state index in [4.69, 9.17) is 18.9 Å². The van der Waals surface area contributed by atoms with Crippen LogP contribution in [0.25, 0.3) is 0 Å². The first-order chi connectivity index (χ1) is 24.6. The summed E-state index contributed by atoms with van der Waals surface area (Å²) in [6.07, 6.45) is 12.2. The summed E-state index contributed by atoms with van der Waals surface area (Å²) < 4.78 is 21.1. The summed E-state index contributed by atoms with van der Waals surface area (Å²) in [5, 5.41) is 8.83. The van der Waals surface area contributed by atoms with Gasteiger partial charge in [-0.15, -0.1) is 0 Å². The number of hydrogen-bond acceptors (Lipinski definition) is 11. The van der Waals surface area contributed by atoms with Gasteiger partial charge in [0.2, 0.25) is 0 Å². The molecule has 8 fully saturated rings. The van der Waals surface area contributed by atoms with Crippen LogP contribution in [-0.2, 0) is 23.7 Å². The zero-order valence-electron chi connectivity index (χ0n) is 30.5. The maximum Gasteiger partial charge on any atom is 0.410 e. The van der Waals surface area contributed by atoms with Crippen LogP contribution in [0.2, 0.25) is 0 Å². The van der Waals surface area contributed by atoms with Gasteiger partial charge in [0.25, 0.3) is 0 Å². The second kappa shape index (κ2) is 16.6. The minimum Gasteiger partial charge on any atom is -0.450 e. The number of nitrogens with zero attached hydrogens (tertiary/aromatic N) is 3. The number of rotatable bonds is 3. The van der Waals surface area contributed by atoms with Crippen molar-refractivity contribution in [2.75, 3.05) is 52.5 Å². The molecule has 8 rings (SSSR count). The van der Waals surface area contributed by atoms with E-state index < -0.39 is 0 Å². The highest BCUT2D eigenvalue weighted by molar-refractivity contribution is 5.83. The number of Topliss-reactive ketones (excluding diaryl/α,β-unsaturated/α-hetero) is 1. The Kier molecular flexibility index (Phi) is 12.2. The van der Waals surface area contributed by atoms with Gasteiger partial charge >= 0.3 is 24.4 Å². The Morgan fingerprint density at radius 1 is 0.686 bits per heavy atom. The average Bonchev–Trinajstić information content (AvgIpc) is 3.70. The zero-order valence-corrected chi connectivity index (χ0v) is 30.5. The number of hydrogen-bond donors (Lipinski definition) is 3. The third-order valence-corrected chi connectivity index (χ3v) is 12.1. The van der Waals surface area contributed by atoms with Crippen LogP contribution in [0, 0.1) is 0 Å². The van der Waals surface area contributed by atoms with Crippen LogP contribution < -0.4 is 16.0 Å². The van der Waals surface area contributed by atoms with Gasteiger partial charge in [0.15, 0.2) is 0 Å². The van der Waals surface area contributed by atoms with Crippen molar-refractivity contribution < 1.29 is 42.9 Å². The summed E-state index contributed by atoms with van der Waals surface area (Å²) >= 11 is 0. The Labute approximate surface area is 301 Å². The van der Waals surface area contributed by atoms with E-state index in [0.29, 0.717) is 57.3 Å². The van der Waals surface area contributed by atoms with E-state index in [1.807, 2.05) is 11.8 Å². The summed E-state index contributed by atoms with van der Waals surface area (Å²) in [6.45, 7) is 9.87. The molecule has 8 aliphatic heterocycles. The number of ketones is 1. The maximum absolute atomic E-state index is 12.2. The van der Waals surface area contributed by atoms with Crippen molar-refractivity contribution in [2.45, 2.75) is 145 Å². The molecule has 6 atom stereocenters. The largest absolute Gasteiger partial charge is 0.450 e. The van der Waals surface area contributed by atoms with Gasteiger partial charge in [-0.2, -0.15) is 0 Å². The third-order valence-electron chi connectivity index (χ3n) is 12.1. The molecule has 3 N–H and O–H groups in total. The van der Waals surface area contributed by atoms with Gasteiger partial charge in [-0.3, -0.25) is 4.79 Å². The number of piperidine rings is 2. The van der Waals surface area contributed by atoms with Gasteiger partial charge in [0.1, 0.15) is 17.0 Å². The first-order valence-electron chi connectivity index (χ1n) is 19.4. The lowest BCUT2D eigenvalue weighted by Crippen LogP contribution is -2.53. The van der Waals surface area contributed by atoms with Gasteiger partial charge in [0, 0.05) is 62.4 Å². The minimum atomic E-state index is -0.295. The number of alkyl carbamates (subject to hydrolysis) is 2. The van der Waals surface area contributed by atoms with Gasteiger partial charge in [-0.05, 0) is 97.7 Å². The molecule has 0 aromatic carbocycles. The molecular weight excluding hydrogens is 660 g/mol. The topological polar surface area (TPSA) is 168 Å². The lowest BCUT2D eigenvalue weighted by molar-refractivity contribution is -0.123. The van der Waals surface area contributed by atoms with Crippen LogP contribution in [0.1, 0.15) is 104 Å². The number of ether oxygens (including phenoxy) is 4. The number of carbonyl (C=O) groups is 5. The first kappa shape index (κ1) is 37.4. The summed E-state index contributed by atoms with van der Waals surface area (Å²) in [7, 11) is 0. The van der Waals surface area contributed by atoms with Crippen molar-refractivity contribution in [3.63, 3.8) is 0 Å². The molecule has 8 saturated heterocycles. The molecule has 51 heavy (non-hydrogen) atoms. The van der Waals surface area contributed by atoms with Gasteiger partial charge in [0.05, 0.1) is 26.3 Å². The summed E-state index contributed by atoms with van der Waals surface area (Å²) in [6, 6.07) is 1.40. The summed E-state index contributed by atoms with van der Waals surface area (Å²) in [5.41, 5.74) is -0.489. The van der Waals surface area contributed by atoms with Gasteiger partial charge in [-0.25, -0.2) is 19.2 Å². The Balaban J connectivity index is 0.000000145. The van der Waals surface area contributed by atoms with Crippen LogP contribution in [-0.4, -0.2) is 139 Å². The fourth-order valence-corrected chi connectivity index (χ4v) is 9.63. The van der Waals surface area contributed by atoms with Gasteiger partial charge in [-0.1, -0.05) is 0 Å². The van der Waals surface area contributed by atoms with E-state index in [1.165, 1.54) is 0 Å². The number of carbonyl (C=O) groups excluding carboxylic acids is 5. The Hall–Kier alpha value is -3.33. The molecule has 286 valence electrons. The average molecular weight is 719 g/mol. The molecular formula is C36H58N6O9. The van der Waals surface area contributed by atoms with E-state index in [-0.39, 0.29) is 53.4 Å². The fourth-order valence-electron chi connectivity index (χ4n) is 9.63. The van der Waals surface area contributed by atoms with Crippen molar-refractivity contribution in [1.82, 2.24) is 30.7 Å². The number of likely N-dealkylation sites (tertiary alicyclic amines) is 1. The molecule has 2 spiro atoms. The highest BCUT2D eigenvalue weighted by Crippen LogP contribution is 2.40. The van der Waals surface area contributed by atoms with Crippen molar-refractivity contribution in [2.24, 2.45) is 0 Å². The molecule has 8 aliphatic rings. The molecule has 6 unspecified atom stereocenters. The predicted octanol–water partition coefficient (Wildman–Crippen LogP) is 3.68. The van der Waals surface area contributed by atoms with Crippen LogP contribution >= 0.6 is 0 Å². The van der Waals surface area contributed by atoms with Crippen LogP contribution in [0.15, 0.2) is 0 Å². The quantitative estimate of drug-likeness (QED) is 0.364. The van der Waals surface area contributed by atoms with Gasteiger partial charge < -0.3 is 49.6 Å². The minimum absolute atomic E-state index is 0.111. The molecule has 0 aromatic heterocycles. The molecule has 8 heterocycles. The Bertz CT molecular complexity index is 1250. The molecule has 0 aliphatic carbocycles. The van der Waals surface area contributed by atoms with Crippen molar-refractivity contribution in [1.29, 1.82) is 0 Å². The summed E-state index contributed by atoms with van der Waals surface area (Å²) in [5.74, 6) is 0.290. The molecule has 4 bridgehead atoms. The molecule has 0 aromatic rings. The predicted molar refractivity (Wildman–Crippen MR) is 185 cm³/mol. The van der Waals surface area contributed by atoms with Crippen molar-refractivity contribution in [3.05, 3.63) is 0 Å². The highest BCUT2D eigenvalue weighted by atomic mass is 16.6. The second-order valence-electron chi connectivity index (χ2n) is 15.4. The maximum atomic E-state index is 12.2. The molecule has 0 radical (unpaired) electrons. The number of amides is 4. The molecule has 4 amide bonds. The number of fused-ring (bicyclic) bond motifs is 4. The monoisotopic (exact) mass is 718 g/mol. The van der Waals surface area contributed by atoms with E-state index >= 15 is 0 Å². The van der Waals surface area contributed by atoms with Crippen molar-refractivity contribution >= 4 is 30.2 Å². The highest BCUT2D eigenvalue weighted by Gasteiger charge is 2.48. The standard InChI is InChI=1S/C18H29N3O4.C10H15NO3.C8H14N2O2/c1-2-24-17(23)21-13-4-5-14(21)11-15(10-13)20-8-3-6-18(7-9-20)12-19-16(22)25-18;1-2-14-10(13)11-7-3-4-8(11)6-9(12)5-7;11-7-10-6-8(12-7)2-1-4-9-5-3-8/h13-15H,2-12H2,1H3,(H,19,22);7-8H,2-6H2,1H3;9H,1-6H2,(H,10,11). The SMILES string of the molecule is CCOC(=O)N1C2CCC1CC(=O)C2.CCOC(=O)N1C2CCC1CC(N1CCCC3(CC1)CNC(=O)O3)C2.O=C1NCC2(CCCNCC2)O1. The second-order valence-corrected chi connectivity index (χ2v) is 15.4. The lowest BCUT2D eigenvalue weighted by Gasteiger charge is -2.42. The van der Waals surface area contributed by atoms with E-state index in [9.17, 15) is 24.0 Å². The van der Waals surface area contributed by atoms with Crippen LogP contribution in [0.5, 0.6) is 0 Å². The number of nitrogens with one attached hydrogen (secondary N) is 3. The first-order valence-corrected chi connectivity index (χ1v) is 19.4. The fraction of sp³-hybridized carbons (Fsp3) is 0.861. The van der Waals surface area contributed by atoms with Crippen LogP contribution in [0.4, 0.5) is 19.2 Å². The van der Waals surface area contributed by atoms with Crippen LogP contribution in [0.3, 0.4) is 0 Å². The normalized spacial score (nSPS) is 35.6. The zero-order chi connectivity index (χ0) is 36.0. The summed E-state index contributed by atoms with van der Waals surface area (Å²) in [4.78, 5) is 63.7. The lowest BCUT2D eigenvalue weighted by atomic mass is 9.94. The molecule has 0 saturated carbocycles. The molecule has 15 nitrogen and oxygen atoms in total. The van der Waals surface area contributed by atoms with E-state index in [2.05, 4.69) is 20.9 Å². The van der Waals surface area contributed by atoms with E-state index in [1.54, 1.807) is 11.8 Å².